The molecule has 0 saturated carbocycles. The molecule has 2 aromatic rings. The monoisotopic (exact) mass is 312 g/mol. The molecule has 0 atom stereocenters. The molecular weight excluding hydrogens is 299 g/mol. The lowest BCUT2D eigenvalue weighted by Crippen LogP contribution is -1.99. The average molecular weight is 313 g/mol. The number of rotatable bonds is 4. The molecule has 0 amide bonds. The van der Waals surface area contributed by atoms with Crippen molar-refractivity contribution in [1.82, 2.24) is 9.55 Å². The smallest absolute Gasteiger partial charge is 0.177 e. The predicted molar refractivity (Wildman–Crippen MR) is 71.0 cm³/mol. The maximum atomic E-state index is 13.3. The van der Waals surface area contributed by atoms with Crippen LogP contribution in [-0.2, 0) is 6.61 Å². The Morgan fingerprint density at radius 3 is 2.72 bits per heavy atom. The summed E-state index contributed by atoms with van der Waals surface area (Å²) in [6, 6.07) is 6.66. The van der Waals surface area contributed by atoms with E-state index >= 15 is 0 Å². The molecule has 96 valence electrons. The predicted octanol–water partition coefficient (Wildman–Crippen LogP) is 3.94. The Morgan fingerprint density at radius 2 is 2.11 bits per heavy atom. The van der Waals surface area contributed by atoms with Crippen LogP contribution < -0.4 is 4.74 Å². The Balaban J connectivity index is 2.07. The number of para-hydroxylation sites is 1. The van der Waals surface area contributed by atoms with E-state index in [1.165, 1.54) is 6.07 Å². The minimum Gasteiger partial charge on any atom is -0.484 e. The molecule has 0 radical (unpaired) electrons. The Labute approximate surface area is 114 Å². The van der Waals surface area contributed by atoms with E-state index in [4.69, 9.17) is 4.74 Å². The number of ether oxygens (including phenoxy) is 1. The van der Waals surface area contributed by atoms with E-state index in [0.29, 0.717) is 6.04 Å². The molecule has 18 heavy (non-hydrogen) atoms. The third kappa shape index (κ3) is 2.90. The molecule has 0 bridgehead atoms. The summed E-state index contributed by atoms with van der Waals surface area (Å²) in [6.45, 7) is 4.38. The number of benzene rings is 1. The minimum absolute atomic E-state index is 0.243. The van der Waals surface area contributed by atoms with Crippen molar-refractivity contribution in [2.24, 2.45) is 0 Å². The van der Waals surface area contributed by atoms with Crippen molar-refractivity contribution in [3.63, 3.8) is 0 Å². The average Bonchev–Trinajstić information content (AvgIpc) is 2.70. The summed E-state index contributed by atoms with van der Waals surface area (Å²) < 4.78 is 21.5. The second-order valence-electron chi connectivity index (χ2n) is 4.22. The minimum atomic E-state index is -0.361. The highest BCUT2D eigenvalue weighted by atomic mass is 79.9. The van der Waals surface area contributed by atoms with Gasteiger partial charge in [-0.25, -0.2) is 9.37 Å². The first kappa shape index (κ1) is 13.1. The Bertz CT molecular complexity index is 540. The van der Waals surface area contributed by atoms with E-state index < -0.39 is 0 Å². The molecule has 0 aliphatic carbocycles. The standard InChI is InChI=1S/C13H14BrFN2O/c1-9(2)17-7-10(16-13(17)14)8-18-12-6-4-3-5-11(12)15/h3-7,9H,8H2,1-2H3. The third-order valence-corrected chi connectivity index (χ3v) is 3.09. The molecule has 0 unspecified atom stereocenters. The molecule has 0 spiro atoms. The van der Waals surface area contributed by atoms with Gasteiger partial charge in [0.05, 0.1) is 5.69 Å². The molecular formula is C13H14BrFN2O. The van der Waals surface area contributed by atoms with Crippen LogP contribution in [0.1, 0.15) is 25.6 Å². The number of hydrogen-bond acceptors (Lipinski definition) is 2. The van der Waals surface area contributed by atoms with Gasteiger partial charge in [0.2, 0.25) is 0 Å². The van der Waals surface area contributed by atoms with Crippen molar-refractivity contribution in [2.45, 2.75) is 26.5 Å². The van der Waals surface area contributed by atoms with Gasteiger partial charge in [0.25, 0.3) is 0 Å². The Hall–Kier alpha value is -1.36. The zero-order valence-electron chi connectivity index (χ0n) is 10.2. The number of nitrogens with zero attached hydrogens (tertiary/aromatic N) is 2. The van der Waals surface area contributed by atoms with Gasteiger partial charge in [0.15, 0.2) is 16.3 Å². The molecule has 1 aromatic heterocycles. The highest BCUT2D eigenvalue weighted by Gasteiger charge is 2.09. The van der Waals surface area contributed by atoms with E-state index in [9.17, 15) is 4.39 Å². The van der Waals surface area contributed by atoms with E-state index in [0.717, 1.165) is 10.4 Å². The topological polar surface area (TPSA) is 27.1 Å². The van der Waals surface area contributed by atoms with Crippen molar-refractivity contribution < 1.29 is 9.13 Å². The van der Waals surface area contributed by atoms with Crippen LogP contribution in [0.2, 0.25) is 0 Å². The van der Waals surface area contributed by atoms with E-state index in [-0.39, 0.29) is 18.2 Å². The fraction of sp³-hybridized carbons (Fsp3) is 0.308. The van der Waals surface area contributed by atoms with Gasteiger partial charge in [-0.15, -0.1) is 0 Å². The zero-order chi connectivity index (χ0) is 13.1. The van der Waals surface area contributed by atoms with Crippen LogP contribution in [-0.4, -0.2) is 9.55 Å². The largest absolute Gasteiger partial charge is 0.484 e. The summed E-state index contributed by atoms with van der Waals surface area (Å²) >= 11 is 3.38. The molecule has 0 saturated heterocycles. The lowest BCUT2D eigenvalue weighted by atomic mass is 10.3. The van der Waals surface area contributed by atoms with Crippen LogP contribution in [0.5, 0.6) is 5.75 Å². The first-order valence-corrected chi connectivity index (χ1v) is 6.48. The highest BCUT2D eigenvalue weighted by Crippen LogP contribution is 2.19. The molecule has 2 rings (SSSR count). The number of aromatic nitrogens is 2. The van der Waals surface area contributed by atoms with Crippen molar-refractivity contribution in [2.75, 3.05) is 0 Å². The van der Waals surface area contributed by atoms with Gasteiger partial charge in [-0.1, -0.05) is 12.1 Å². The second kappa shape index (κ2) is 5.52. The SMILES string of the molecule is CC(C)n1cc(COc2ccccc2F)nc1Br. The van der Waals surface area contributed by atoms with E-state index in [2.05, 4.69) is 34.8 Å². The summed E-state index contributed by atoms with van der Waals surface area (Å²) in [7, 11) is 0. The van der Waals surface area contributed by atoms with Crippen LogP contribution in [0.3, 0.4) is 0 Å². The lowest BCUT2D eigenvalue weighted by Gasteiger charge is -2.06. The number of halogens is 2. The highest BCUT2D eigenvalue weighted by molar-refractivity contribution is 9.10. The normalized spacial score (nSPS) is 10.9. The van der Waals surface area contributed by atoms with Crippen molar-refractivity contribution >= 4 is 15.9 Å². The maximum absolute atomic E-state index is 13.3. The van der Waals surface area contributed by atoms with Crippen LogP contribution in [0, 0.1) is 5.82 Å². The molecule has 0 fully saturated rings. The van der Waals surface area contributed by atoms with Crippen LogP contribution in [0.15, 0.2) is 35.2 Å². The Kier molecular flexibility index (Phi) is 4.01. The van der Waals surface area contributed by atoms with Gasteiger partial charge in [-0.3, -0.25) is 0 Å². The second-order valence-corrected chi connectivity index (χ2v) is 4.93. The lowest BCUT2D eigenvalue weighted by molar-refractivity contribution is 0.286. The van der Waals surface area contributed by atoms with Crippen LogP contribution in [0.4, 0.5) is 4.39 Å². The van der Waals surface area contributed by atoms with Gasteiger partial charge < -0.3 is 9.30 Å². The van der Waals surface area contributed by atoms with Crippen LogP contribution in [0.25, 0.3) is 0 Å². The quantitative estimate of drug-likeness (QED) is 0.855. The molecule has 5 heteroatoms. The number of hydrogen-bond donors (Lipinski definition) is 0. The van der Waals surface area contributed by atoms with Gasteiger partial charge >= 0.3 is 0 Å². The third-order valence-electron chi connectivity index (χ3n) is 2.51. The summed E-state index contributed by atoms with van der Waals surface area (Å²) in [5.74, 6) is -0.118. The summed E-state index contributed by atoms with van der Waals surface area (Å²) in [6.07, 6.45) is 1.90. The van der Waals surface area contributed by atoms with Crippen molar-refractivity contribution in [3.05, 3.63) is 46.7 Å². The Morgan fingerprint density at radius 1 is 1.39 bits per heavy atom. The van der Waals surface area contributed by atoms with E-state index in [1.54, 1.807) is 18.2 Å². The van der Waals surface area contributed by atoms with Gasteiger partial charge in [0, 0.05) is 12.2 Å². The van der Waals surface area contributed by atoms with Gasteiger partial charge in [0.1, 0.15) is 6.61 Å². The summed E-state index contributed by atoms with van der Waals surface area (Å²) in [5.41, 5.74) is 0.763. The molecule has 0 aliphatic rings. The van der Waals surface area contributed by atoms with E-state index in [1.807, 2.05) is 10.8 Å². The first-order valence-electron chi connectivity index (χ1n) is 5.68. The maximum Gasteiger partial charge on any atom is 0.177 e. The van der Waals surface area contributed by atoms with Crippen LogP contribution >= 0.6 is 15.9 Å². The number of imidazole rings is 1. The zero-order valence-corrected chi connectivity index (χ0v) is 11.8. The molecule has 3 nitrogen and oxygen atoms in total. The molecule has 0 N–H and O–H groups in total. The summed E-state index contributed by atoms with van der Waals surface area (Å²) in [5, 5.41) is 0. The summed E-state index contributed by atoms with van der Waals surface area (Å²) in [4.78, 5) is 4.31. The first-order chi connectivity index (χ1) is 8.58. The fourth-order valence-electron chi connectivity index (χ4n) is 1.56. The molecule has 1 heterocycles. The fourth-order valence-corrected chi connectivity index (χ4v) is 2.30. The van der Waals surface area contributed by atoms with Gasteiger partial charge in [-0.05, 0) is 41.9 Å². The van der Waals surface area contributed by atoms with Crippen molar-refractivity contribution in [3.8, 4) is 5.75 Å². The van der Waals surface area contributed by atoms with Gasteiger partial charge in [-0.2, -0.15) is 0 Å². The molecule has 0 aliphatic heterocycles. The van der Waals surface area contributed by atoms with Crippen molar-refractivity contribution in [1.29, 1.82) is 0 Å². The molecule has 1 aromatic carbocycles.